The second-order valence-corrected chi connectivity index (χ2v) is 10.7. The highest BCUT2D eigenvalue weighted by molar-refractivity contribution is 5.89. The summed E-state index contributed by atoms with van der Waals surface area (Å²) in [6, 6.07) is 8.68. The molecule has 3 atom stereocenters. The number of fused-ring (bicyclic) bond motifs is 3. The molecule has 34 heavy (non-hydrogen) atoms. The highest BCUT2D eigenvalue weighted by Crippen LogP contribution is 2.44. The molecular weight excluding hydrogens is 443 g/mol. The second kappa shape index (κ2) is 9.06. The van der Waals surface area contributed by atoms with Crippen LogP contribution in [0.3, 0.4) is 0 Å². The molecule has 1 N–H and O–H groups in total. The molecule has 5 rings (SSSR count). The lowest BCUT2D eigenvalue weighted by molar-refractivity contribution is -0.143. The first-order chi connectivity index (χ1) is 16.2. The number of rotatable bonds is 5. The molecule has 3 aliphatic rings. The smallest absolute Gasteiger partial charge is 0.420 e. The van der Waals surface area contributed by atoms with Crippen molar-refractivity contribution in [3.05, 3.63) is 41.5 Å². The summed E-state index contributed by atoms with van der Waals surface area (Å²) in [6.07, 6.45) is 1.11. The number of likely N-dealkylation sites (tertiary alicyclic amines) is 1. The Kier molecular flexibility index (Phi) is 6.25. The van der Waals surface area contributed by atoms with Crippen molar-refractivity contribution in [3.63, 3.8) is 0 Å². The van der Waals surface area contributed by atoms with Gasteiger partial charge in [0.15, 0.2) is 0 Å². The van der Waals surface area contributed by atoms with Gasteiger partial charge in [-0.1, -0.05) is 25.1 Å². The predicted molar refractivity (Wildman–Crippen MR) is 124 cm³/mol. The lowest BCUT2D eigenvalue weighted by Gasteiger charge is -2.29. The summed E-state index contributed by atoms with van der Waals surface area (Å²) >= 11 is 0. The first-order valence-corrected chi connectivity index (χ1v) is 12.4. The molecule has 4 nitrogen and oxygen atoms in total. The van der Waals surface area contributed by atoms with Gasteiger partial charge in [-0.15, -0.1) is 0 Å². The van der Waals surface area contributed by atoms with Gasteiger partial charge in [0.2, 0.25) is 0 Å². The molecule has 2 aromatic rings. The zero-order chi connectivity index (χ0) is 24.0. The Morgan fingerprint density at radius 2 is 1.82 bits per heavy atom. The highest BCUT2D eigenvalue weighted by Gasteiger charge is 2.42. The van der Waals surface area contributed by atoms with E-state index in [1.165, 1.54) is 6.07 Å². The number of carboxylic acids is 1. The van der Waals surface area contributed by atoms with Gasteiger partial charge in [0.05, 0.1) is 12.0 Å². The zero-order valence-corrected chi connectivity index (χ0v) is 19.5. The molecule has 3 unspecified atom stereocenters. The standard InChI is InChI=1S/C27H32F3NO3/c1-16-2-7-22(8-3-16)34-24-9-6-19-5-4-17(12-23(19)25(24)27(28,29)30)14-31-15-18-10-20(26(32)33)13-21(31)11-18/h4-6,9,12,16,18,20-22H,2-3,7-8,10-11,13-15H2,1H3,(H,32,33). The third kappa shape index (κ3) is 4.77. The van der Waals surface area contributed by atoms with Gasteiger partial charge in [-0.05, 0) is 85.3 Å². The van der Waals surface area contributed by atoms with Crippen molar-refractivity contribution >= 4 is 16.7 Å². The largest absolute Gasteiger partial charge is 0.490 e. The van der Waals surface area contributed by atoms with E-state index in [-0.39, 0.29) is 29.2 Å². The Morgan fingerprint density at radius 3 is 2.53 bits per heavy atom. The van der Waals surface area contributed by atoms with Crippen LogP contribution in [0.4, 0.5) is 13.2 Å². The first-order valence-electron chi connectivity index (χ1n) is 12.4. The van der Waals surface area contributed by atoms with Crippen molar-refractivity contribution in [1.29, 1.82) is 0 Å². The number of ether oxygens (including phenoxy) is 1. The average molecular weight is 476 g/mol. The van der Waals surface area contributed by atoms with Crippen LogP contribution in [0.5, 0.6) is 5.75 Å². The number of hydrogen-bond donors (Lipinski definition) is 1. The van der Waals surface area contributed by atoms with Gasteiger partial charge in [0.1, 0.15) is 11.3 Å². The minimum atomic E-state index is -4.52. The van der Waals surface area contributed by atoms with E-state index < -0.39 is 17.7 Å². The molecule has 2 bridgehead atoms. The molecule has 2 aromatic carbocycles. The minimum absolute atomic E-state index is 0.0713. The molecule has 1 heterocycles. The van der Waals surface area contributed by atoms with Crippen LogP contribution in [0.15, 0.2) is 30.3 Å². The van der Waals surface area contributed by atoms with Gasteiger partial charge in [-0.25, -0.2) is 0 Å². The van der Waals surface area contributed by atoms with Crippen molar-refractivity contribution in [2.45, 2.75) is 76.7 Å². The van der Waals surface area contributed by atoms with E-state index in [0.717, 1.165) is 44.2 Å². The Hall–Kier alpha value is -2.28. The molecule has 3 fully saturated rings. The number of nitrogens with zero attached hydrogens (tertiary/aromatic N) is 1. The number of carbonyl (C=O) groups is 1. The summed E-state index contributed by atoms with van der Waals surface area (Å²) in [7, 11) is 0. The molecule has 0 spiro atoms. The summed E-state index contributed by atoms with van der Waals surface area (Å²) < 4.78 is 48.8. The molecule has 2 aliphatic carbocycles. The van der Waals surface area contributed by atoms with Gasteiger partial charge in [0.25, 0.3) is 0 Å². The van der Waals surface area contributed by atoms with Crippen LogP contribution < -0.4 is 4.74 Å². The Labute approximate surface area is 198 Å². The molecule has 0 radical (unpaired) electrons. The Bertz CT molecular complexity index is 1060. The van der Waals surface area contributed by atoms with Crippen molar-refractivity contribution in [3.8, 4) is 5.75 Å². The third-order valence-corrected chi connectivity index (χ3v) is 8.11. The predicted octanol–water partition coefficient (Wildman–Crippen LogP) is 6.50. The highest BCUT2D eigenvalue weighted by atomic mass is 19.4. The van der Waals surface area contributed by atoms with Gasteiger partial charge in [0, 0.05) is 19.1 Å². The van der Waals surface area contributed by atoms with E-state index in [0.29, 0.717) is 36.6 Å². The number of alkyl halides is 3. The van der Waals surface area contributed by atoms with E-state index in [4.69, 9.17) is 4.74 Å². The van der Waals surface area contributed by atoms with Crippen molar-refractivity contribution in [2.24, 2.45) is 17.8 Å². The number of carboxylic acid groups (broad SMARTS) is 1. The van der Waals surface area contributed by atoms with E-state index in [1.54, 1.807) is 18.2 Å². The van der Waals surface area contributed by atoms with E-state index in [9.17, 15) is 23.1 Å². The molecule has 2 saturated carbocycles. The van der Waals surface area contributed by atoms with Crippen LogP contribution in [0.25, 0.3) is 10.8 Å². The zero-order valence-electron chi connectivity index (χ0n) is 19.5. The maximum Gasteiger partial charge on any atom is 0.420 e. The lowest BCUT2D eigenvalue weighted by atomic mass is 9.82. The topological polar surface area (TPSA) is 49.8 Å². The normalized spacial score (nSPS) is 29.9. The summed E-state index contributed by atoms with van der Waals surface area (Å²) in [6.45, 7) is 3.51. The molecule has 184 valence electrons. The monoisotopic (exact) mass is 475 g/mol. The first kappa shape index (κ1) is 23.5. The second-order valence-electron chi connectivity index (χ2n) is 10.7. The van der Waals surface area contributed by atoms with Crippen LogP contribution >= 0.6 is 0 Å². The van der Waals surface area contributed by atoms with E-state index in [2.05, 4.69) is 11.8 Å². The van der Waals surface area contributed by atoms with Crippen LogP contribution in [-0.4, -0.2) is 34.7 Å². The maximum atomic E-state index is 14.3. The molecule has 0 amide bonds. The molecule has 1 aliphatic heterocycles. The number of aliphatic carboxylic acids is 1. The van der Waals surface area contributed by atoms with Gasteiger partial charge < -0.3 is 9.84 Å². The van der Waals surface area contributed by atoms with Crippen LogP contribution in [0, 0.1) is 17.8 Å². The molecule has 7 heteroatoms. The summed E-state index contributed by atoms with van der Waals surface area (Å²) in [5.41, 5.74) is 0.137. The fourth-order valence-corrected chi connectivity index (χ4v) is 6.32. The fraction of sp³-hybridized carbons (Fsp3) is 0.593. The third-order valence-electron chi connectivity index (χ3n) is 8.11. The van der Waals surface area contributed by atoms with Crippen molar-refractivity contribution in [1.82, 2.24) is 4.90 Å². The Morgan fingerprint density at radius 1 is 1.09 bits per heavy atom. The van der Waals surface area contributed by atoms with Crippen molar-refractivity contribution in [2.75, 3.05) is 6.54 Å². The molecular formula is C27H32F3NO3. The van der Waals surface area contributed by atoms with Crippen LogP contribution in [0.1, 0.15) is 63.0 Å². The van der Waals surface area contributed by atoms with E-state index in [1.807, 2.05) is 6.07 Å². The van der Waals surface area contributed by atoms with Gasteiger partial charge in [-0.2, -0.15) is 13.2 Å². The van der Waals surface area contributed by atoms with Crippen LogP contribution in [0.2, 0.25) is 0 Å². The summed E-state index contributed by atoms with van der Waals surface area (Å²) in [5, 5.41) is 10.1. The quantitative estimate of drug-likeness (QED) is 0.536. The number of benzene rings is 2. The minimum Gasteiger partial charge on any atom is -0.490 e. The number of hydrogen-bond acceptors (Lipinski definition) is 3. The SMILES string of the molecule is CC1CCC(Oc2ccc3ccc(CN4CC5CC(C(=O)O)CC4C5)cc3c2C(F)(F)F)CC1. The molecule has 1 saturated heterocycles. The average Bonchev–Trinajstić information content (AvgIpc) is 3.06. The summed E-state index contributed by atoms with van der Waals surface area (Å²) in [4.78, 5) is 13.7. The van der Waals surface area contributed by atoms with Gasteiger partial charge >= 0.3 is 12.1 Å². The molecule has 0 aromatic heterocycles. The van der Waals surface area contributed by atoms with Crippen molar-refractivity contribution < 1.29 is 27.8 Å². The maximum absolute atomic E-state index is 14.3. The van der Waals surface area contributed by atoms with E-state index >= 15 is 0 Å². The Balaban J connectivity index is 1.42. The lowest BCUT2D eigenvalue weighted by Crippen LogP contribution is -2.32. The number of halogens is 3. The van der Waals surface area contributed by atoms with Gasteiger partial charge in [-0.3, -0.25) is 9.69 Å². The van der Waals surface area contributed by atoms with Crippen LogP contribution in [-0.2, 0) is 17.5 Å². The fourth-order valence-electron chi connectivity index (χ4n) is 6.32. The summed E-state index contributed by atoms with van der Waals surface area (Å²) in [5.74, 6) is -0.180.